The van der Waals surface area contributed by atoms with Crippen molar-refractivity contribution >= 4 is 11.7 Å². The lowest BCUT2D eigenvalue weighted by molar-refractivity contribution is 0.212. The number of hydrogen-bond acceptors (Lipinski definition) is 2. The van der Waals surface area contributed by atoms with E-state index in [-0.39, 0.29) is 6.03 Å². The number of hydrogen-bond donors (Lipinski definition) is 2. The molecule has 0 fully saturated rings. The van der Waals surface area contributed by atoms with Gasteiger partial charge in [0.05, 0.1) is 0 Å². The molecule has 0 aliphatic rings. The van der Waals surface area contributed by atoms with Crippen molar-refractivity contribution in [3.05, 3.63) is 29.8 Å². The first-order valence-electron chi connectivity index (χ1n) is 6.50. The number of unbranched alkanes of at least 4 members (excludes halogenated alkanes) is 1. The van der Waals surface area contributed by atoms with Crippen molar-refractivity contribution in [2.45, 2.75) is 26.7 Å². The number of benzene rings is 1. The molecule has 0 unspecified atom stereocenters. The average Bonchev–Trinajstić information content (AvgIpc) is 2.34. The molecule has 4 nitrogen and oxygen atoms in total. The molecule has 100 valence electrons. The van der Waals surface area contributed by atoms with Gasteiger partial charge in [0.15, 0.2) is 0 Å². The van der Waals surface area contributed by atoms with Crippen molar-refractivity contribution < 1.29 is 4.79 Å². The lowest BCUT2D eigenvalue weighted by Crippen LogP contribution is -2.39. The van der Waals surface area contributed by atoms with Crippen LogP contribution in [-0.2, 0) is 0 Å². The highest BCUT2D eigenvalue weighted by Crippen LogP contribution is 2.10. The Morgan fingerprint density at radius 3 is 2.78 bits per heavy atom. The van der Waals surface area contributed by atoms with Gasteiger partial charge < -0.3 is 16.0 Å². The van der Waals surface area contributed by atoms with Crippen LogP contribution >= 0.6 is 0 Å². The summed E-state index contributed by atoms with van der Waals surface area (Å²) in [5.74, 6) is 0. The quantitative estimate of drug-likeness (QED) is 0.814. The fourth-order valence-electron chi connectivity index (χ4n) is 1.75. The van der Waals surface area contributed by atoms with E-state index in [0.29, 0.717) is 13.1 Å². The largest absolute Gasteiger partial charge is 0.329 e. The summed E-state index contributed by atoms with van der Waals surface area (Å²) in [5.41, 5.74) is 7.50. The number of amides is 2. The van der Waals surface area contributed by atoms with Crippen LogP contribution in [0.5, 0.6) is 0 Å². The number of aryl methyl sites for hydroxylation is 1. The van der Waals surface area contributed by atoms with Crippen molar-refractivity contribution in [3.63, 3.8) is 0 Å². The van der Waals surface area contributed by atoms with E-state index in [4.69, 9.17) is 5.73 Å². The number of nitrogens with one attached hydrogen (secondary N) is 1. The molecule has 0 radical (unpaired) electrons. The molecule has 1 aromatic rings. The Hall–Kier alpha value is -1.55. The molecule has 1 rings (SSSR count). The summed E-state index contributed by atoms with van der Waals surface area (Å²) in [6.07, 6.45) is 2.07. The molecule has 0 aliphatic carbocycles. The van der Waals surface area contributed by atoms with Crippen LogP contribution < -0.4 is 11.1 Å². The second-order valence-corrected chi connectivity index (χ2v) is 4.43. The molecule has 3 N–H and O–H groups in total. The molecule has 1 aromatic carbocycles. The van der Waals surface area contributed by atoms with Gasteiger partial charge in [0.25, 0.3) is 0 Å². The summed E-state index contributed by atoms with van der Waals surface area (Å²) in [4.78, 5) is 13.8. The maximum atomic E-state index is 12.1. The van der Waals surface area contributed by atoms with Crippen LogP contribution in [0, 0.1) is 6.92 Å². The standard InChI is InChI=1S/C14H23N3O/c1-3-4-9-17(10-8-15)14(18)16-13-7-5-6-12(2)11-13/h5-7,11H,3-4,8-10,15H2,1-2H3,(H,16,18). The molecule has 0 bridgehead atoms. The third-order valence-electron chi connectivity index (χ3n) is 2.74. The van der Waals surface area contributed by atoms with Gasteiger partial charge in [-0.05, 0) is 31.0 Å². The van der Waals surface area contributed by atoms with E-state index in [1.165, 1.54) is 0 Å². The van der Waals surface area contributed by atoms with Crippen molar-refractivity contribution in [2.75, 3.05) is 25.0 Å². The first kappa shape index (κ1) is 14.5. The smallest absolute Gasteiger partial charge is 0.321 e. The Bertz CT molecular complexity index is 379. The van der Waals surface area contributed by atoms with E-state index in [1.54, 1.807) is 4.90 Å². The monoisotopic (exact) mass is 249 g/mol. The van der Waals surface area contributed by atoms with Gasteiger partial charge >= 0.3 is 6.03 Å². The third-order valence-corrected chi connectivity index (χ3v) is 2.74. The second kappa shape index (κ2) is 7.71. The summed E-state index contributed by atoms with van der Waals surface area (Å²) < 4.78 is 0. The maximum Gasteiger partial charge on any atom is 0.321 e. The Morgan fingerprint density at radius 1 is 1.39 bits per heavy atom. The Balaban J connectivity index is 2.60. The van der Waals surface area contributed by atoms with E-state index < -0.39 is 0 Å². The van der Waals surface area contributed by atoms with Gasteiger partial charge in [-0.3, -0.25) is 0 Å². The Kier molecular flexibility index (Phi) is 6.22. The molecule has 0 saturated heterocycles. The Labute approximate surface area is 109 Å². The molecule has 0 heterocycles. The number of nitrogens with zero attached hydrogens (tertiary/aromatic N) is 1. The second-order valence-electron chi connectivity index (χ2n) is 4.43. The van der Waals surface area contributed by atoms with E-state index in [0.717, 1.165) is 30.6 Å². The number of rotatable bonds is 6. The zero-order valence-electron chi connectivity index (χ0n) is 11.3. The van der Waals surface area contributed by atoms with Crippen LogP contribution in [-0.4, -0.2) is 30.6 Å². The van der Waals surface area contributed by atoms with Gasteiger partial charge in [0.2, 0.25) is 0 Å². The van der Waals surface area contributed by atoms with E-state index in [1.807, 2.05) is 31.2 Å². The molecular formula is C14H23N3O. The minimum Gasteiger partial charge on any atom is -0.329 e. The molecule has 2 amide bonds. The van der Waals surface area contributed by atoms with Gasteiger partial charge in [0, 0.05) is 25.3 Å². The summed E-state index contributed by atoms with van der Waals surface area (Å²) >= 11 is 0. The van der Waals surface area contributed by atoms with E-state index >= 15 is 0 Å². The number of anilines is 1. The van der Waals surface area contributed by atoms with Gasteiger partial charge in [0.1, 0.15) is 0 Å². The normalized spacial score (nSPS) is 10.2. The van der Waals surface area contributed by atoms with E-state index in [9.17, 15) is 4.79 Å². The van der Waals surface area contributed by atoms with Gasteiger partial charge in [-0.1, -0.05) is 25.5 Å². The third kappa shape index (κ3) is 4.75. The highest BCUT2D eigenvalue weighted by Gasteiger charge is 2.11. The zero-order chi connectivity index (χ0) is 13.4. The van der Waals surface area contributed by atoms with Crippen molar-refractivity contribution in [2.24, 2.45) is 5.73 Å². The molecule has 4 heteroatoms. The number of nitrogens with two attached hydrogens (primary N) is 1. The number of carbonyl (C=O) groups is 1. The lowest BCUT2D eigenvalue weighted by Gasteiger charge is -2.22. The fraction of sp³-hybridized carbons (Fsp3) is 0.500. The summed E-state index contributed by atoms with van der Waals surface area (Å²) in [6.45, 7) is 5.96. The highest BCUT2D eigenvalue weighted by atomic mass is 16.2. The number of urea groups is 1. The summed E-state index contributed by atoms with van der Waals surface area (Å²) in [6, 6.07) is 7.72. The molecule has 0 atom stereocenters. The molecule has 0 spiro atoms. The predicted octanol–water partition coefficient (Wildman–Crippen LogP) is 2.59. The summed E-state index contributed by atoms with van der Waals surface area (Å²) in [7, 11) is 0. The average molecular weight is 249 g/mol. The minimum absolute atomic E-state index is 0.0699. The SMILES string of the molecule is CCCCN(CCN)C(=O)Nc1cccc(C)c1. The molecule has 18 heavy (non-hydrogen) atoms. The van der Waals surface area contributed by atoms with Crippen molar-refractivity contribution in [1.29, 1.82) is 0 Å². The maximum absolute atomic E-state index is 12.1. The first-order valence-corrected chi connectivity index (χ1v) is 6.50. The topological polar surface area (TPSA) is 58.4 Å². The summed E-state index contributed by atoms with van der Waals surface area (Å²) in [5, 5.41) is 2.91. The predicted molar refractivity (Wildman–Crippen MR) is 75.7 cm³/mol. The van der Waals surface area contributed by atoms with Crippen LogP contribution in [0.15, 0.2) is 24.3 Å². The van der Waals surface area contributed by atoms with Gasteiger partial charge in [-0.25, -0.2) is 4.79 Å². The highest BCUT2D eigenvalue weighted by molar-refractivity contribution is 5.89. The zero-order valence-corrected chi connectivity index (χ0v) is 11.3. The molecule has 0 aromatic heterocycles. The van der Waals surface area contributed by atoms with Gasteiger partial charge in [-0.15, -0.1) is 0 Å². The van der Waals surface area contributed by atoms with Crippen molar-refractivity contribution in [3.8, 4) is 0 Å². The van der Waals surface area contributed by atoms with Crippen LogP contribution in [0.1, 0.15) is 25.3 Å². The molecule has 0 aliphatic heterocycles. The molecule has 0 saturated carbocycles. The van der Waals surface area contributed by atoms with E-state index in [2.05, 4.69) is 12.2 Å². The number of carbonyl (C=O) groups excluding carboxylic acids is 1. The van der Waals surface area contributed by atoms with Crippen LogP contribution in [0.2, 0.25) is 0 Å². The molecular weight excluding hydrogens is 226 g/mol. The first-order chi connectivity index (χ1) is 8.67. The Morgan fingerprint density at radius 2 is 2.17 bits per heavy atom. The van der Waals surface area contributed by atoms with Gasteiger partial charge in [-0.2, -0.15) is 0 Å². The fourth-order valence-corrected chi connectivity index (χ4v) is 1.75. The minimum atomic E-state index is -0.0699. The lowest BCUT2D eigenvalue weighted by atomic mass is 10.2. The van der Waals surface area contributed by atoms with Crippen LogP contribution in [0.25, 0.3) is 0 Å². The van der Waals surface area contributed by atoms with Crippen LogP contribution in [0.4, 0.5) is 10.5 Å². The van der Waals surface area contributed by atoms with Crippen LogP contribution in [0.3, 0.4) is 0 Å². The van der Waals surface area contributed by atoms with Crippen molar-refractivity contribution in [1.82, 2.24) is 4.90 Å².